The number of hydrogen-bond donors (Lipinski definition) is 1. The Balaban J connectivity index is 3.78. The Hall–Kier alpha value is -1.32. The van der Waals surface area contributed by atoms with Gasteiger partial charge in [-0.15, -0.1) is 0 Å². The van der Waals surface area contributed by atoms with Crippen molar-refractivity contribution in [3.8, 4) is 0 Å². The van der Waals surface area contributed by atoms with Crippen LogP contribution >= 0.6 is 0 Å². The Morgan fingerprint density at radius 1 is 1.45 bits per heavy atom. The molecule has 0 aliphatic rings. The summed E-state index contributed by atoms with van der Waals surface area (Å²) in [6.45, 7) is 0. The number of ketones is 1. The van der Waals surface area contributed by atoms with Crippen molar-refractivity contribution in [1.29, 1.82) is 0 Å². The number of nitrogens with two attached hydrogens (primary N) is 1. The molecule has 0 rings (SSSR count). The smallest absolute Gasteiger partial charge is 0.225 e. The zero-order valence-corrected chi connectivity index (χ0v) is 6.70. The molecule has 0 aromatic heterocycles. The Kier molecular flexibility index (Phi) is 3.95. The Bertz CT molecular complexity index is 185. The second kappa shape index (κ2) is 4.49. The highest BCUT2D eigenvalue weighted by molar-refractivity contribution is 6.03. The number of carbonyl (C=O) groups excluding carboxylic acids is 2. The summed E-state index contributed by atoms with van der Waals surface area (Å²) in [6.07, 6.45) is 2.68. The summed E-state index contributed by atoms with van der Waals surface area (Å²) in [6, 6.07) is 0. The molecule has 0 unspecified atom stereocenters. The standard InChI is InChI=1S/C7H12N2O2/c1-9(2)4-3-6(10)5-7(8)11/h3-4H,5H2,1-2H3,(H2,8,11). The van der Waals surface area contributed by atoms with Crippen LogP contribution in [0.15, 0.2) is 12.3 Å². The average Bonchev–Trinajstić information content (AvgIpc) is 1.82. The molecule has 0 bridgehead atoms. The summed E-state index contributed by atoms with van der Waals surface area (Å²) >= 11 is 0. The van der Waals surface area contributed by atoms with Gasteiger partial charge in [0.1, 0.15) is 0 Å². The third-order valence-electron chi connectivity index (χ3n) is 0.907. The first-order valence-corrected chi connectivity index (χ1v) is 3.18. The fourth-order valence-corrected chi connectivity index (χ4v) is 0.463. The SMILES string of the molecule is CN(C)C=CC(=O)CC(N)=O. The second-order valence-corrected chi connectivity index (χ2v) is 2.39. The molecule has 0 atom stereocenters. The van der Waals surface area contributed by atoms with Gasteiger partial charge in [-0.3, -0.25) is 9.59 Å². The quantitative estimate of drug-likeness (QED) is 0.441. The van der Waals surface area contributed by atoms with Crippen LogP contribution in [0.25, 0.3) is 0 Å². The highest BCUT2D eigenvalue weighted by Gasteiger charge is 2.00. The van der Waals surface area contributed by atoms with Gasteiger partial charge in [0.15, 0.2) is 5.78 Å². The van der Waals surface area contributed by atoms with E-state index in [2.05, 4.69) is 0 Å². The van der Waals surface area contributed by atoms with E-state index in [-0.39, 0.29) is 12.2 Å². The van der Waals surface area contributed by atoms with Crippen LogP contribution < -0.4 is 5.73 Å². The third kappa shape index (κ3) is 6.57. The van der Waals surface area contributed by atoms with E-state index in [1.165, 1.54) is 6.08 Å². The number of rotatable bonds is 4. The van der Waals surface area contributed by atoms with Crippen molar-refractivity contribution in [2.24, 2.45) is 5.73 Å². The molecule has 1 amide bonds. The van der Waals surface area contributed by atoms with Crippen LogP contribution in [-0.4, -0.2) is 30.7 Å². The summed E-state index contributed by atoms with van der Waals surface area (Å²) < 4.78 is 0. The lowest BCUT2D eigenvalue weighted by Gasteiger charge is -2.01. The van der Waals surface area contributed by atoms with E-state index in [0.717, 1.165) is 0 Å². The zero-order chi connectivity index (χ0) is 8.85. The first kappa shape index (κ1) is 9.68. The molecular formula is C7H12N2O2. The number of primary amides is 1. The van der Waals surface area contributed by atoms with E-state index in [0.29, 0.717) is 0 Å². The van der Waals surface area contributed by atoms with Gasteiger partial charge in [0, 0.05) is 20.3 Å². The largest absolute Gasteiger partial charge is 0.383 e. The first-order valence-electron chi connectivity index (χ1n) is 3.18. The molecule has 0 aliphatic carbocycles. The monoisotopic (exact) mass is 156 g/mol. The van der Waals surface area contributed by atoms with Crippen LogP contribution in [0.3, 0.4) is 0 Å². The van der Waals surface area contributed by atoms with Crippen LogP contribution in [-0.2, 0) is 9.59 Å². The average molecular weight is 156 g/mol. The van der Waals surface area contributed by atoms with Gasteiger partial charge in [-0.2, -0.15) is 0 Å². The molecule has 4 heteroatoms. The summed E-state index contributed by atoms with van der Waals surface area (Å²) in [5.74, 6) is -0.871. The second-order valence-electron chi connectivity index (χ2n) is 2.39. The van der Waals surface area contributed by atoms with Crippen LogP contribution in [0.2, 0.25) is 0 Å². The molecular weight excluding hydrogens is 144 g/mol. The van der Waals surface area contributed by atoms with Crippen LogP contribution in [0.4, 0.5) is 0 Å². The number of hydrogen-bond acceptors (Lipinski definition) is 3. The molecule has 2 N–H and O–H groups in total. The van der Waals surface area contributed by atoms with Crippen LogP contribution in [0, 0.1) is 0 Å². The van der Waals surface area contributed by atoms with Gasteiger partial charge in [-0.25, -0.2) is 0 Å². The van der Waals surface area contributed by atoms with E-state index in [1.807, 2.05) is 0 Å². The predicted octanol–water partition coefficient (Wildman–Crippen LogP) is -0.494. The molecule has 0 aromatic rings. The minimum absolute atomic E-state index is 0.218. The van der Waals surface area contributed by atoms with E-state index < -0.39 is 5.91 Å². The summed E-state index contributed by atoms with van der Waals surface area (Å²) in [7, 11) is 3.57. The van der Waals surface area contributed by atoms with E-state index >= 15 is 0 Å². The summed E-state index contributed by atoms with van der Waals surface area (Å²) in [5, 5.41) is 0. The number of carbonyl (C=O) groups is 2. The first-order chi connectivity index (χ1) is 5.02. The fourth-order valence-electron chi connectivity index (χ4n) is 0.463. The zero-order valence-electron chi connectivity index (χ0n) is 6.70. The molecule has 0 fully saturated rings. The molecule has 0 saturated heterocycles. The molecule has 0 spiro atoms. The maximum Gasteiger partial charge on any atom is 0.225 e. The van der Waals surface area contributed by atoms with Gasteiger partial charge in [0.2, 0.25) is 5.91 Å². The Labute approximate surface area is 65.7 Å². The van der Waals surface area contributed by atoms with Gasteiger partial charge in [-0.05, 0) is 6.08 Å². The normalized spacial score (nSPS) is 10.0. The predicted molar refractivity (Wildman–Crippen MR) is 41.6 cm³/mol. The molecule has 11 heavy (non-hydrogen) atoms. The molecule has 0 radical (unpaired) electrons. The third-order valence-corrected chi connectivity index (χ3v) is 0.907. The molecule has 0 heterocycles. The van der Waals surface area contributed by atoms with Gasteiger partial charge in [0.25, 0.3) is 0 Å². The van der Waals surface area contributed by atoms with Crippen molar-refractivity contribution in [3.63, 3.8) is 0 Å². The minimum Gasteiger partial charge on any atom is -0.383 e. The van der Waals surface area contributed by atoms with Gasteiger partial charge < -0.3 is 10.6 Å². The molecule has 0 saturated carbocycles. The van der Waals surface area contributed by atoms with Gasteiger partial charge in [0.05, 0.1) is 6.42 Å². The number of allylic oxidation sites excluding steroid dienone is 1. The fraction of sp³-hybridized carbons (Fsp3) is 0.429. The Morgan fingerprint density at radius 2 is 2.00 bits per heavy atom. The Morgan fingerprint density at radius 3 is 2.36 bits per heavy atom. The maximum atomic E-state index is 10.7. The van der Waals surface area contributed by atoms with Crippen molar-refractivity contribution in [2.45, 2.75) is 6.42 Å². The molecule has 4 nitrogen and oxygen atoms in total. The van der Waals surface area contributed by atoms with Crippen molar-refractivity contribution in [3.05, 3.63) is 12.3 Å². The van der Waals surface area contributed by atoms with Crippen molar-refractivity contribution in [1.82, 2.24) is 4.90 Å². The maximum absolute atomic E-state index is 10.7. The molecule has 0 aromatic carbocycles. The lowest BCUT2D eigenvalue weighted by molar-refractivity contribution is -0.124. The lowest BCUT2D eigenvalue weighted by atomic mass is 10.3. The molecule has 0 aliphatic heterocycles. The number of nitrogens with zero attached hydrogens (tertiary/aromatic N) is 1. The minimum atomic E-state index is -0.599. The van der Waals surface area contributed by atoms with E-state index in [9.17, 15) is 9.59 Å². The highest BCUT2D eigenvalue weighted by atomic mass is 16.2. The lowest BCUT2D eigenvalue weighted by Crippen LogP contribution is -2.15. The van der Waals surface area contributed by atoms with Crippen molar-refractivity contribution >= 4 is 11.7 Å². The van der Waals surface area contributed by atoms with Crippen LogP contribution in [0.1, 0.15) is 6.42 Å². The molecule has 62 valence electrons. The topological polar surface area (TPSA) is 63.4 Å². The summed E-state index contributed by atoms with van der Waals surface area (Å²) in [5.41, 5.74) is 4.79. The highest BCUT2D eigenvalue weighted by Crippen LogP contribution is 1.85. The van der Waals surface area contributed by atoms with Gasteiger partial charge in [-0.1, -0.05) is 0 Å². The summed E-state index contributed by atoms with van der Waals surface area (Å²) in [4.78, 5) is 22.7. The number of amides is 1. The van der Waals surface area contributed by atoms with Gasteiger partial charge >= 0.3 is 0 Å². The van der Waals surface area contributed by atoms with E-state index in [4.69, 9.17) is 5.73 Å². The van der Waals surface area contributed by atoms with Crippen molar-refractivity contribution < 1.29 is 9.59 Å². The van der Waals surface area contributed by atoms with Crippen molar-refractivity contribution in [2.75, 3.05) is 14.1 Å². The van der Waals surface area contributed by atoms with Crippen LogP contribution in [0.5, 0.6) is 0 Å². The van der Waals surface area contributed by atoms with E-state index in [1.54, 1.807) is 25.2 Å².